The SMILES string of the molecule is CCOC(=O)C1C(=N)Oc2c(c(=O)oc3ccccc23)C1c1ccc(Br)cc1. The lowest BCUT2D eigenvalue weighted by Gasteiger charge is -2.32. The summed E-state index contributed by atoms with van der Waals surface area (Å²) >= 11 is 3.39. The molecule has 3 aromatic rings. The zero-order chi connectivity index (χ0) is 19.8. The minimum atomic E-state index is -1.07. The third-order valence-corrected chi connectivity index (χ3v) is 5.24. The van der Waals surface area contributed by atoms with Crippen molar-refractivity contribution < 1.29 is 18.7 Å². The molecule has 0 amide bonds. The van der Waals surface area contributed by atoms with Crippen LogP contribution in [0.25, 0.3) is 11.0 Å². The second kappa shape index (κ2) is 7.24. The van der Waals surface area contributed by atoms with Crippen molar-refractivity contribution in [3.63, 3.8) is 0 Å². The fraction of sp³-hybridized carbons (Fsp3) is 0.190. The Balaban J connectivity index is 2.01. The molecule has 28 heavy (non-hydrogen) atoms. The van der Waals surface area contributed by atoms with E-state index < -0.39 is 23.4 Å². The van der Waals surface area contributed by atoms with Gasteiger partial charge in [-0.3, -0.25) is 10.2 Å². The molecule has 0 aliphatic carbocycles. The number of para-hydroxylation sites is 1. The minimum absolute atomic E-state index is 0.162. The third kappa shape index (κ3) is 3.01. The number of hydrogen-bond acceptors (Lipinski definition) is 6. The van der Waals surface area contributed by atoms with Crippen molar-refractivity contribution in [2.75, 3.05) is 6.61 Å². The standard InChI is InChI=1S/C21H16BrNO5/c1-2-26-20(24)17-15(11-7-9-12(22)10-8-11)16-18(28-19(17)23)13-5-3-4-6-14(13)27-21(16)25/h3-10,15,17,23H,2H2,1H3. The normalized spacial score (nSPS) is 18.4. The molecule has 1 aromatic heterocycles. The predicted octanol–water partition coefficient (Wildman–Crippen LogP) is 4.24. The number of fused-ring (bicyclic) bond motifs is 3. The van der Waals surface area contributed by atoms with Crippen molar-refractivity contribution in [1.29, 1.82) is 5.41 Å². The van der Waals surface area contributed by atoms with Crippen LogP contribution in [0.5, 0.6) is 5.75 Å². The highest BCUT2D eigenvalue weighted by Crippen LogP contribution is 2.44. The van der Waals surface area contributed by atoms with E-state index in [0.29, 0.717) is 16.5 Å². The molecular formula is C21H16BrNO5. The summed E-state index contributed by atoms with van der Waals surface area (Å²) in [6.07, 6.45) is 0. The van der Waals surface area contributed by atoms with Crippen molar-refractivity contribution in [2.24, 2.45) is 5.92 Å². The number of esters is 1. The highest BCUT2D eigenvalue weighted by Gasteiger charge is 2.45. The first-order valence-corrected chi connectivity index (χ1v) is 9.54. The molecule has 0 fully saturated rings. The molecule has 2 atom stereocenters. The van der Waals surface area contributed by atoms with Crippen LogP contribution in [0, 0.1) is 11.3 Å². The van der Waals surface area contributed by atoms with Crippen LogP contribution >= 0.6 is 15.9 Å². The summed E-state index contributed by atoms with van der Waals surface area (Å²) in [5, 5.41) is 8.96. The maximum Gasteiger partial charge on any atom is 0.343 e. The maximum atomic E-state index is 12.9. The predicted molar refractivity (Wildman–Crippen MR) is 107 cm³/mol. The number of carbonyl (C=O) groups excluding carboxylic acids is 1. The van der Waals surface area contributed by atoms with Crippen molar-refractivity contribution in [2.45, 2.75) is 12.8 Å². The molecule has 0 saturated heterocycles. The second-order valence-corrected chi connectivity index (χ2v) is 7.27. The van der Waals surface area contributed by atoms with Crippen molar-refractivity contribution in [3.05, 3.63) is 74.6 Å². The van der Waals surface area contributed by atoms with E-state index in [2.05, 4.69) is 15.9 Å². The van der Waals surface area contributed by atoms with Gasteiger partial charge in [-0.15, -0.1) is 0 Å². The van der Waals surface area contributed by atoms with Gasteiger partial charge in [0, 0.05) is 10.4 Å². The average molecular weight is 442 g/mol. The summed E-state index contributed by atoms with van der Waals surface area (Å²) in [6, 6.07) is 14.2. The van der Waals surface area contributed by atoms with Gasteiger partial charge in [0.15, 0.2) is 5.75 Å². The van der Waals surface area contributed by atoms with Crippen molar-refractivity contribution >= 4 is 38.8 Å². The van der Waals surface area contributed by atoms with Crippen LogP contribution in [0.4, 0.5) is 0 Å². The Bertz CT molecular complexity index is 1140. The van der Waals surface area contributed by atoms with Gasteiger partial charge in [0.25, 0.3) is 0 Å². The topological polar surface area (TPSA) is 89.6 Å². The van der Waals surface area contributed by atoms with Gasteiger partial charge in [-0.25, -0.2) is 4.79 Å². The molecule has 2 unspecified atom stereocenters. The van der Waals surface area contributed by atoms with Crippen LogP contribution < -0.4 is 10.4 Å². The third-order valence-electron chi connectivity index (χ3n) is 4.71. The van der Waals surface area contributed by atoms with E-state index in [-0.39, 0.29) is 23.8 Å². The molecule has 7 heteroatoms. The molecule has 1 aliphatic heterocycles. The molecule has 0 bridgehead atoms. The first kappa shape index (κ1) is 18.4. The number of benzene rings is 2. The van der Waals surface area contributed by atoms with Gasteiger partial charge in [-0.2, -0.15) is 0 Å². The summed E-state index contributed by atoms with van der Waals surface area (Å²) in [7, 11) is 0. The van der Waals surface area contributed by atoms with E-state index in [1.807, 2.05) is 12.1 Å². The first-order chi connectivity index (χ1) is 13.5. The van der Waals surface area contributed by atoms with Gasteiger partial charge in [0.1, 0.15) is 11.5 Å². The van der Waals surface area contributed by atoms with Crippen LogP contribution in [0.15, 0.2) is 62.2 Å². The van der Waals surface area contributed by atoms with E-state index >= 15 is 0 Å². The van der Waals surface area contributed by atoms with Gasteiger partial charge in [-0.1, -0.05) is 40.2 Å². The largest absolute Gasteiger partial charge is 0.465 e. The van der Waals surface area contributed by atoms with Crippen molar-refractivity contribution in [1.82, 2.24) is 0 Å². The number of carbonyl (C=O) groups is 1. The lowest BCUT2D eigenvalue weighted by molar-refractivity contribution is -0.146. The number of halogens is 1. The van der Waals surface area contributed by atoms with Crippen LogP contribution in [0.1, 0.15) is 24.0 Å². The summed E-state index contributed by atoms with van der Waals surface area (Å²) in [4.78, 5) is 25.5. The Morgan fingerprint density at radius 1 is 1.18 bits per heavy atom. The maximum absolute atomic E-state index is 12.9. The van der Waals surface area contributed by atoms with E-state index in [9.17, 15) is 9.59 Å². The number of rotatable bonds is 3. The lowest BCUT2D eigenvalue weighted by Crippen LogP contribution is -2.40. The molecular weight excluding hydrogens is 426 g/mol. The highest BCUT2D eigenvalue weighted by atomic mass is 79.9. The van der Waals surface area contributed by atoms with Crippen LogP contribution in [0.3, 0.4) is 0 Å². The smallest absolute Gasteiger partial charge is 0.343 e. The number of nitrogens with one attached hydrogen (secondary N) is 1. The summed E-state index contributed by atoms with van der Waals surface area (Å²) in [6.45, 7) is 1.85. The van der Waals surface area contributed by atoms with Crippen molar-refractivity contribution in [3.8, 4) is 5.75 Å². The van der Waals surface area contributed by atoms with Gasteiger partial charge in [0.2, 0.25) is 5.90 Å². The molecule has 1 N–H and O–H groups in total. The van der Waals surface area contributed by atoms with E-state index in [4.69, 9.17) is 19.3 Å². The Kier molecular flexibility index (Phi) is 4.77. The van der Waals surface area contributed by atoms with Gasteiger partial charge < -0.3 is 13.9 Å². The molecule has 142 valence electrons. The monoisotopic (exact) mass is 441 g/mol. The molecule has 2 heterocycles. The summed E-state index contributed by atoms with van der Waals surface area (Å²) < 4.78 is 17.2. The molecule has 0 saturated carbocycles. The van der Waals surface area contributed by atoms with Crippen LogP contribution in [-0.2, 0) is 9.53 Å². The Morgan fingerprint density at radius 2 is 1.89 bits per heavy atom. The average Bonchev–Trinajstić information content (AvgIpc) is 2.68. The zero-order valence-corrected chi connectivity index (χ0v) is 16.5. The van der Waals surface area contributed by atoms with E-state index in [0.717, 1.165) is 4.47 Å². The number of ether oxygens (including phenoxy) is 2. The fourth-order valence-electron chi connectivity index (χ4n) is 3.51. The first-order valence-electron chi connectivity index (χ1n) is 8.75. The number of hydrogen-bond donors (Lipinski definition) is 1. The summed E-state index contributed by atoms with van der Waals surface area (Å²) in [5.74, 6) is -2.43. The minimum Gasteiger partial charge on any atom is -0.465 e. The van der Waals surface area contributed by atoms with Gasteiger partial charge >= 0.3 is 11.6 Å². The zero-order valence-electron chi connectivity index (χ0n) is 14.9. The lowest BCUT2D eigenvalue weighted by atomic mass is 9.78. The Labute approximate surface area is 168 Å². The Hall–Kier alpha value is -2.93. The van der Waals surface area contributed by atoms with Crippen LogP contribution in [-0.4, -0.2) is 18.5 Å². The van der Waals surface area contributed by atoms with E-state index in [1.54, 1.807) is 43.3 Å². The fourth-order valence-corrected chi connectivity index (χ4v) is 3.77. The van der Waals surface area contributed by atoms with Crippen LogP contribution in [0.2, 0.25) is 0 Å². The molecule has 0 spiro atoms. The van der Waals surface area contributed by atoms with Gasteiger partial charge in [-0.05, 0) is 36.8 Å². The molecule has 6 nitrogen and oxygen atoms in total. The van der Waals surface area contributed by atoms with Gasteiger partial charge in [0.05, 0.1) is 17.6 Å². The second-order valence-electron chi connectivity index (χ2n) is 6.35. The summed E-state index contributed by atoms with van der Waals surface area (Å²) in [5.41, 5.74) is 0.680. The highest BCUT2D eigenvalue weighted by molar-refractivity contribution is 9.10. The molecule has 4 rings (SSSR count). The quantitative estimate of drug-likeness (QED) is 0.484. The van der Waals surface area contributed by atoms with E-state index in [1.165, 1.54) is 0 Å². The molecule has 1 aliphatic rings. The Morgan fingerprint density at radius 3 is 2.61 bits per heavy atom. The molecule has 2 aromatic carbocycles. The molecule has 0 radical (unpaired) electrons.